The summed E-state index contributed by atoms with van der Waals surface area (Å²) in [5.74, 6) is -0.742. The predicted octanol–water partition coefficient (Wildman–Crippen LogP) is 4.23. The number of benzene rings is 2. The third-order valence-electron chi connectivity index (χ3n) is 2.31. The van der Waals surface area contributed by atoms with Gasteiger partial charge in [0.15, 0.2) is 0 Å². The van der Waals surface area contributed by atoms with Gasteiger partial charge in [0, 0.05) is 12.2 Å². The van der Waals surface area contributed by atoms with E-state index in [4.69, 9.17) is 11.6 Å². The van der Waals surface area contributed by atoms with Gasteiger partial charge in [0.1, 0.15) is 11.6 Å². The second kappa shape index (κ2) is 5.15. The highest BCUT2D eigenvalue weighted by Gasteiger charge is 2.01. The van der Waals surface area contributed by atoms with Crippen molar-refractivity contribution in [3.8, 4) is 0 Å². The molecule has 0 unspecified atom stereocenters. The van der Waals surface area contributed by atoms with Crippen LogP contribution in [0.4, 0.5) is 14.5 Å². The number of hydrogen-bond acceptors (Lipinski definition) is 1. The van der Waals surface area contributed by atoms with Crippen LogP contribution in [-0.2, 0) is 6.54 Å². The van der Waals surface area contributed by atoms with Gasteiger partial charge in [-0.3, -0.25) is 0 Å². The van der Waals surface area contributed by atoms with Crippen molar-refractivity contribution >= 4 is 17.3 Å². The second-order valence-electron chi connectivity index (χ2n) is 3.61. The van der Waals surface area contributed by atoms with Crippen LogP contribution in [0.5, 0.6) is 0 Å². The van der Waals surface area contributed by atoms with Crippen LogP contribution >= 0.6 is 11.6 Å². The summed E-state index contributed by atoms with van der Waals surface area (Å²) in [7, 11) is 0. The first-order valence-electron chi connectivity index (χ1n) is 5.08. The van der Waals surface area contributed by atoms with Crippen molar-refractivity contribution in [1.29, 1.82) is 0 Å². The Kier molecular flexibility index (Phi) is 3.59. The zero-order valence-electron chi connectivity index (χ0n) is 8.88. The first-order valence-corrected chi connectivity index (χ1v) is 5.46. The quantitative estimate of drug-likeness (QED) is 0.863. The topological polar surface area (TPSA) is 12.0 Å². The Morgan fingerprint density at radius 1 is 1.06 bits per heavy atom. The van der Waals surface area contributed by atoms with E-state index < -0.39 is 5.82 Å². The fourth-order valence-electron chi connectivity index (χ4n) is 1.45. The van der Waals surface area contributed by atoms with Crippen LogP contribution in [0, 0.1) is 11.6 Å². The van der Waals surface area contributed by atoms with Crippen molar-refractivity contribution in [3.63, 3.8) is 0 Å². The van der Waals surface area contributed by atoms with Gasteiger partial charge < -0.3 is 5.32 Å². The summed E-state index contributed by atoms with van der Waals surface area (Å²) in [6.07, 6.45) is 0. The molecule has 2 rings (SSSR count). The van der Waals surface area contributed by atoms with E-state index in [2.05, 4.69) is 5.32 Å². The van der Waals surface area contributed by atoms with Crippen molar-refractivity contribution in [2.75, 3.05) is 5.32 Å². The molecular formula is C13H10ClF2N. The Labute approximate surface area is 103 Å². The molecule has 0 heterocycles. The molecular weight excluding hydrogens is 244 g/mol. The van der Waals surface area contributed by atoms with Crippen LogP contribution in [0.25, 0.3) is 0 Å². The number of anilines is 1. The molecule has 0 aromatic heterocycles. The summed E-state index contributed by atoms with van der Waals surface area (Å²) in [6.45, 7) is 0.462. The lowest BCUT2D eigenvalue weighted by Gasteiger charge is -2.07. The van der Waals surface area contributed by atoms with Gasteiger partial charge in [0.05, 0.1) is 5.02 Å². The summed E-state index contributed by atoms with van der Waals surface area (Å²) in [6, 6.07) is 10.6. The maximum absolute atomic E-state index is 12.9. The molecule has 1 nitrogen and oxygen atoms in total. The van der Waals surface area contributed by atoms with E-state index >= 15 is 0 Å². The van der Waals surface area contributed by atoms with E-state index in [1.807, 2.05) is 0 Å². The van der Waals surface area contributed by atoms with Crippen LogP contribution in [0.3, 0.4) is 0 Å². The lowest BCUT2D eigenvalue weighted by molar-refractivity contribution is 0.627. The molecule has 0 aliphatic carbocycles. The van der Waals surface area contributed by atoms with Gasteiger partial charge in [-0.05, 0) is 35.9 Å². The molecule has 0 radical (unpaired) electrons. The van der Waals surface area contributed by atoms with E-state index in [1.165, 1.54) is 18.2 Å². The molecule has 0 atom stereocenters. The molecule has 0 fully saturated rings. The summed E-state index contributed by atoms with van der Waals surface area (Å²) >= 11 is 5.66. The summed E-state index contributed by atoms with van der Waals surface area (Å²) in [5.41, 5.74) is 1.51. The monoisotopic (exact) mass is 253 g/mol. The molecule has 0 amide bonds. The van der Waals surface area contributed by atoms with Crippen molar-refractivity contribution in [2.24, 2.45) is 0 Å². The van der Waals surface area contributed by atoms with Gasteiger partial charge in [-0.25, -0.2) is 8.78 Å². The van der Waals surface area contributed by atoms with Gasteiger partial charge in [-0.2, -0.15) is 0 Å². The molecule has 0 spiro atoms. The average Bonchev–Trinajstić information content (AvgIpc) is 2.31. The highest BCUT2D eigenvalue weighted by Crippen LogP contribution is 2.17. The minimum absolute atomic E-state index is 0.0866. The Bertz CT molecular complexity index is 529. The molecule has 0 aliphatic heterocycles. The highest BCUT2D eigenvalue weighted by atomic mass is 35.5. The van der Waals surface area contributed by atoms with E-state index in [0.717, 1.165) is 5.56 Å². The Balaban J connectivity index is 2.05. The molecule has 88 valence electrons. The highest BCUT2D eigenvalue weighted by molar-refractivity contribution is 6.30. The number of halogens is 3. The molecule has 4 heteroatoms. The van der Waals surface area contributed by atoms with Crippen molar-refractivity contribution < 1.29 is 8.78 Å². The zero-order chi connectivity index (χ0) is 12.3. The number of nitrogens with one attached hydrogen (secondary N) is 1. The SMILES string of the molecule is Fc1cccc(NCc2ccc(F)c(Cl)c2)c1. The number of rotatable bonds is 3. The van der Waals surface area contributed by atoms with Gasteiger partial charge >= 0.3 is 0 Å². The molecule has 0 bridgehead atoms. The summed E-state index contributed by atoms with van der Waals surface area (Å²) < 4.78 is 25.8. The van der Waals surface area contributed by atoms with Crippen molar-refractivity contribution in [3.05, 3.63) is 64.7 Å². The molecule has 2 aromatic carbocycles. The van der Waals surface area contributed by atoms with E-state index in [9.17, 15) is 8.78 Å². The minimum Gasteiger partial charge on any atom is -0.381 e. The minimum atomic E-state index is -0.443. The van der Waals surface area contributed by atoms with E-state index in [-0.39, 0.29) is 10.8 Å². The van der Waals surface area contributed by atoms with Crippen molar-refractivity contribution in [1.82, 2.24) is 0 Å². The predicted molar refractivity (Wildman–Crippen MR) is 65.1 cm³/mol. The van der Waals surface area contributed by atoms with E-state index in [1.54, 1.807) is 24.3 Å². The Morgan fingerprint density at radius 3 is 2.59 bits per heavy atom. The Morgan fingerprint density at radius 2 is 1.88 bits per heavy atom. The standard InChI is InChI=1S/C13H10ClF2N/c14-12-6-9(4-5-13(12)16)8-17-11-3-1-2-10(15)7-11/h1-7,17H,8H2. The molecule has 0 saturated carbocycles. The fourth-order valence-corrected chi connectivity index (χ4v) is 1.66. The van der Waals surface area contributed by atoms with Crippen LogP contribution in [0.1, 0.15) is 5.56 Å². The van der Waals surface area contributed by atoms with Crippen molar-refractivity contribution in [2.45, 2.75) is 6.54 Å². The third-order valence-corrected chi connectivity index (χ3v) is 2.59. The summed E-state index contributed by atoms with van der Waals surface area (Å²) in [5, 5.41) is 3.11. The van der Waals surface area contributed by atoms with E-state index in [0.29, 0.717) is 12.2 Å². The normalized spacial score (nSPS) is 10.3. The van der Waals surface area contributed by atoms with Gasteiger partial charge in [-0.1, -0.05) is 23.7 Å². The van der Waals surface area contributed by atoms with Gasteiger partial charge in [0.25, 0.3) is 0 Å². The molecule has 0 saturated heterocycles. The first-order chi connectivity index (χ1) is 8.15. The van der Waals surface area contributed by atoms with Gasteiger partial charge in [0.2, 0.25) is 0 Å². The molecule has 0 aliphatic rings. The largest absolute Gasteiger partial charge is 0.381 e. The lowest BCUT2D eigenvalue weighted by atomic mass is 10.2. The smallest absolute Gasteiger partial charge is 0.141 e. The van der Waals surface area contributed by atoms with Crippen LogP contribution in [-0.4, -0.2) is 0 Å². The third kappa shape index (κ3) is 3.17. The first kappa shape index (κ1) is 11.9. The lowest BCUT2D eigenvalue weighted by Crippen LogP contribution is -1.99. The maximum Gasteiger partial charge on any atom is 0.141 e. The number of hydrogen-bond donors (Lipinski definition) is 1. The summed E-state index contributed by atoms with van der Waals surface area (Å²) in [4.78, 5) is 0. The molecule has 17 heavy (non-hydrogen) atoms. The molecule has 1 N–H and O–H groups in total. The fraction of sp³-hybridized carbons (Fsp3) is 0.0769. The van der Waals surface area contributed by atoms with Crippen LogP contribution in [0.2, 0.25) is 5.02 Å². The van der Waals surface area contributed by atoms with Crippen LogP contribution in [0.15, 0.2) is 42.5 Å². The second-order valence-corrected chi connectivity index (χ2v) is 4.02. The van der Waals surface area contributed by atoms with Crippen LogP contribution < -0.4 is 5.32 Å². The molecule has 2 aromatic rings. The maximum atomic E-state index is 12.9. The average molecular weight is 254 g/mol. The zero-order valence-corrected chi connectivity index (χ0v) is 9.64. The van der Waals surface area contributed by atoms with Gasteiger partial charge in [-0.15, -0.1) is 0 Å². The Hall–Kier alpha value is -1.61.